The van der Waals surface area contributed by atoms with Crippen LogP contribution in [-0.2, 0) is 16.2 Å². The van der Waals surface area contributed by atoms with Crippen molar-refractivity contribution < 1.29 is 23.8 Å². The first-order chi connectivity index (χ1) is 16.9. The summed E-state index contributed by atoms with van der Waals surface area (Å²) in [5, 5.41) is 7.24. The van der Waals surface area contributed by atoms with Crippen LogP contribution in [0.5, 0.6) is 17.2 Å². The van der Waals surface area contributed by atoms with Crippen molar-refractivity contribution in [1.82, 2.24) is 5.43 Å². The number of hydrogen-bond donors (Lipinski definition) is 2. The van der Waals surface area contributed by atoms with Gasteiger partial charge in [0.15, 0.2) is 11.5 Å². The Hall–Kier alpha value is -3.75. The third-order valence-electron chi connectivity index (χ3n) is 4.54. The molecule has 0 fully saturated rings. The first-order valence-electron chi connectivity index (χ1n) is 10.5. The van der Waals surface area contributed by atoms with Gasteiger partial charge < -0.3 is 19.5 Å². The van der Waals surface area contributed by atoms with Gasteiger partial charge in [0, 0.05) is 16.8 Å². The smallest absolute Gasteiger partial charge is 0.329 e. The van der Waals surface area contributed by atoms with Gasteiger partial charge in [0.05, 0.1) is 25.0 Å². The Morgan fingerprint density at radius 3 is 2.49 bits per heavy atom. The van der Waals surface area contributed by atoms with Gasteiger partial charge in [0.1, 0.15) is 12.4 Å². The summed E-state index contributed by atoms with van der Waals surface area (Å²) in [5.74, 6) is -0.485. The summed E-state index contributed by atoms with van der Waals surface area (Å²) in [6.45, 7) is 2.48. The van der Waals surface area contributed by atoms with Crippen LogP contribution in [-0.4, -0.2) is 31.7 Å². The van der Waals surface area contributed by atoms with Crippen molar-refractivity contribution in [1.29, 1.82) is 0 Å². The number of carbonyl (C=O) groups excluding carboxylic acids is 2. The minimum Gasteiger partial charge on any atom is -0.497 e. The highest BCUT2D eigenvalue weighted by Crippen LogP contribution is 2.37. The lowest BCUT2D eigenvalue weighted by Crippen LogP contribution is -2.32. The normalized spacial score (nSPS) is 10.6. The van der Waals surface area contributed by atoms with Crippen molar-refractivity contribution in [2.24, 2.45) is 5.10 Å². The lowest BCUT2D eigenvalue weighted by molar-refractivity contribution is -0.136. The van der Waals surface area contributed by atoms with Gasteiger partial charge in [-0.3, -0.25) is 9.59 Å². The summed E-state index contributed by atoms with van der Waals surface area (Å²) in [4.78, 5) is 24.2. The molecule has 2 N–H and O–H groups in total. The number of nitrogens with zero attached hydrogens (tertiary/aromatic N) is 1. The Balaban J connectivity index is 1.64. The molecule has 0 atom stereocenters. The first kappa shape index (κ1) is 25.9. The molecule has 2 amide bonds. The number of amides is 2. The molecule has 3 aromatic carbocycles. The van der Waals surface area contributed by atoms with Crippen LogP contribution in [0.1, 0.15) is 18.1 Å². The molecule has 0 aliphatic heterocycles. The molecule has 3 rings (SSSR count). The van der Waals surface area contributed by atoms with Gasteiger partial charge in [-0.15, -0.1) is 0 Å². The molecule has 182 valence electrons. The van der Waals surface area contributed by atoms with Crippen molar-refractivity contribution >= 4 is 46.9 Å². The number of ether oxygens (including phenoxy) is 3. The highest BCUT2D eigenvalue weighted by atomic mass is 35.5. The zero-order chi connectivity index (χ0) is 25.2. The molecule has 8 nitrogen and oxygen atoms in total. The summed E-state index contributed by atoms with van der Waals surface area (Å²) < 4.78 is 16.6. The number of hydrogen-bond acceptors (Lipinski definition) is 6. The second-order valence-corrected chi connectivity index (χ2v) is 7.91. The van der Waals surface area contributed by atoms with Crippen LogP contribution >= 0.6 is 23.2 Å². The minimum absolute atomic E-state index is 0.267. The highest BCUT2D eigenvalue weighted by molar-refractivity contribution is 6.39. The summed E-state index contributed by atoms with van der Waals surface area (Å²) in [5.41, 5.74) is 4.03. The zero-order valence-corrected chi connectivity index (χ0v) is 20.5. The molecule has 35 heavy (non-hydrogen) atoms. The molecular formula is C25H23Cl2N3O5. The minimum atomic E-state index is -0.942. The van der Waals surface area contributed by atoms with Crippen molar-refractivity contribution in [3.05, 3.63) is 81.8 Å². The van der Waals surface area contributed by atoms with Crippen LogP contribution in [0.2, 0.25) is 10.0 Å². The van der Waals surface area contributed by atoms with E-state index in [-0.39, 0.29) is 6.61 Å². The summed E-state index contributed by atoms with van der Waals surface area (Å²) in [6, 6.07) is 17.1. The topological polar surface area (TPSA) is 98.2 Å². The maximum absolute atomic E-state index is 12.1. The number of hydrazone groups is 1. The molecule has 10 heteroatoms. The number of rotatable bonds is 9. The monoisotopic (exact) mass is 515 g/mol. The number of halogens is 2. The third-order valence-corrected chi connectivity index (χ3v) is 5.07. The first-order valence-corrected chi connectivity index (χ1v) is 11.3. The summed E-state index contributed by atoms with van der Waals surface area (Å²) in [6.07, 6.45) is 1.34. The van der Waals surface area contributed by atoms with E-state index in [4.69, 9.17) is 37.4 Å². The fourth-order valence-electron chi connectivity index (χ4n) is 2.91. The fourth-order valence-corrected chi connectivity index (χ4v) is 3.31. The molecule has 0 aliphatic carbocycles. The van der Waals surface area contributed by atoms with Crippen molar-refractivity contribution in [2.45, 2.75) is 13.5 Å². The SMILES string of the molecule is CCOc1cc(/C=N\NC(=O)C(=O)Nc2cccc(OC)c2)cc(Cl)c1OCc1ccc(Cl)cc1. The number of carbonyl (C=O) groups is 2. The Kier molecular flexibility index (Phi) is 9.34. The van der Waals surface area contributed by atoms with Crippen molar-refractivity contribution in [3.63, 3.8) is 0 Å². The number of anilines is 1. The molecule has 0 saturated carbocycles. The molecule has 0 aromatic heterocycles. The Bertz CT molecular complexity index is 1220. The number of nitrogens with one attached hydrogen (secondary N) is 2. The lowest BCUT2D eigenvalue weighted by atomic mass is 10.2. The van der Waals surface area contributed by atoms with Gasteiger partial charge >= 0.3 is 11.8 Å². The maximum Gasteiger partial charge on any atom is 0.329 e. The van der Waals surface area contributed by atoms with Crippen LogP contribution in [0, 0.1) is 0 Å². The van der Waals surface area contributed by atoms with E-state index in [1.165, 1.54) is 13.3 Å². The molecule has 3 aromatic rings. The third kappa shape index (κ3) is 7.63. The Labute approximate surface area is 212 Å². The molecule has 0 aliphatic rings. The van der Waals surface area contributed by atoms with E-state index in [2.05, 4.69) is 15.8 Å². The maximum atomic E-state index is 12.1. The van der Waals surface area contributed by atoms with Crippen LogP contribution < -0.4 is 25.0 Å². The zero-order valence-electron chi connectivity index (χ0n) is 19.0. The summed E-state index contributed by atoms with van der Waals surface area (Å²) in [7, 11) is 1.50. The number of methoxy groups -OCH3 is 1. The molecule has 0 radical (unpaired) electrons. The highest BCUT2D eigenvalue weighted by Gasteiger charge is 2.15. The Morgan fingerprint density at radius 2 is 1.77 bits per heavy atom. The van der Waals surface area contributed by atoms with Crippen molar-refractivity contribution in [2.75, 3.05) is 19.0 Å². The standard InChI is InChI=1S/C25H23Cl2N3O5/c1-3-34-22-12-17(11-21(27)23(22)35-15-16-7-9-18(26)10-8-16)14-28-30-25(32)24(31)29-19-5-4-6-20(13-19)33-2/h4-14H,3,15H2,1-2H3,(H,29,31)(H,30,32)/b28-14-. The van der Waals surface area contributed by atoms with E-state index in [0.29, 0.717) is 45.2 Å². The molecule has 0 saturated heterocycles. The molecule has 0 bridgehead atoms. The Morgan fingerprint density at radius 1 is 1.00 bits per heavy atom. The average Bonchev–Trinajstić information content (AvgIpc) is 2.85. The fraction of sp³-hybridized carbons (Fsp3) is 0.160. The van der Waals surface area contributed by atoms with Crippen LogP contribution in [0.4, 0.5) is 5.69 Å². The van der Waals surface area contributed by atoms with E-state index < -0.39 is 11.8 Å². The molecule has 0 heterocycles. The second kappa shape index (κ2) is 12.6. The van der Waals surface area contributed by atoms with Crippen LogP contribution in [0.25, 0.3) is 0 Å². The second-order valence-electron chi connectivity index (χ2n) is 7.06. The molecule has 0 spiro atoms. The average molecular weight is 516 g/mol. The van der Waals surface area contributed by atoms with Gasteiger partial charge in [-0.25, -0.2) is 5.43 Å². The summed E-state index contributed by atoms with van der Waals surface area (Å²) >= 11 is 12.3. The van der Waals surface area contributed by atoms with E-state index in [1.54, 1.807) is 48.5 Å². The van der Waals surface area contributed by atoms with Gasteiger partial charge in [-0.2, -0.15) is 5.10 Å². The molecular weight excluding hydrogens is 493 g/mol. The van der Waals surface area contributed by atoms with E-state index >= 15 is 0 Å². The van der Waals surface area contributed by atoms with Gasteiger partial charge in [0.25, 0.3) is 0 Å². The molecule has 0 unspecified atom stereocenters. The quantitative estimate of drug-likeness (QED) is 0.235. The van der Waals surface area contributed by atoms with E-state index in [9.17, 15) is 9.59 Å². The predicted octanol–water partition coefficient (Wildman–Crippen LogP) is 5.07. The van der Waals surface area contributed by atoms with Crippen LogP contribution in [0.3, 0.4) is 0 Å². The van der Waals surface area contributed by atoms with Crippen molar-refractivity contribution in [3.8, 4) is 17.2 Å². The lowest BCUT2D eigenvalue weighted by Gasteiger charge is -2.14. The van der Waals surface area contributed by atoms with Crippen LogP contribution in [0.15, 0.2) is 65.8 Å². The van der Waals surface area contributed by atoms with E-state index in [0.717, 1.165) is 5.56 Å². The van der Waals surface area contributed by atoms with Gasteiger partial charge in [-0.05, 0) is 54.4 Å². The predicted molar refractivity (Wildman–Crippen MR) is 136 cm³/mol. The largest absolute Gasteiger partial charge is 0.497 e. The van der Waals surface area contributed by atoms with E-state index in [1.807, 2.05) is 19.1 Å². The van der Waals surface area contributed by atoms with Gasteiger partial charge in [-0.1, -0.05) is 41.4 Å². The number of benzene rings is 3. The van der Waals surface area contributed by atoms with Gasteiger partial charge in [0.2, 0.25) is 0 Å².